The van der Waals surface area contributed by atoms with Gasteiger partial charge in [0.05, 0.1) is 36.4 Å². The van der Waals surface area contributed by atoms with Gasteiger partial charge in [-0.05, 0) is 47.9 Å². The van der Waals surface area contributed by atoms with Crippen molar-refractivity contribution in [3.63, 3.8) is 0 Å². The smallest absolute Gasteiger partial charge is 0.295 e. The molecule has 36 heavy (non-hydrogen) atoms. The van der Waals surface area contributed by atoms with E-state index in [1.165, 1.54) is 43.4 Å². The van der Waals surface area contributed by atoms with E-state index in [2.05, 4.69) is 0 Å². The minimum Gasteiger partial charge on any atom is -0.507 e. The first-order chi connectivity index (χ1) is 17.2. The second-order valence-corrected chi connectivity index (χ2v) is 8.95. The van der Waals surface area contributed by atoms with Gasteiger partial charge in [0.15, 0.2) is 0 Å². The van der Waals surface area contributed by atoms with Crippen molar-refractivity contribution in [2.45, 2.75) is 12.5 Å². The van der Waals surface area contributed by atoms with Gasteiger partial charge in [-0.2, -0.15) is 0 Å². The number of halogens is 3. The molecule has 1 heterocycles. The molecule has 1 fully saturated rings. The fraction of sp³-hybridized carbons (Fsp3) is 0.185. The third-order valence-electron chi connectivity index (χ3n) is 6.01. The molecule has 1 aliphatic heterocycles. The third kappa shape index (κ3) is 4.90. The zero-order chi connectivity index (χ0) is 26.0. The maximum atomic E-state index is 13.3. The van der Waals surface area contributed by atoms with Gasteiger partial charge in [0.25, 0.3) is 11.7 Å². The van der Waals surface area contributed by atoms with Crippen LogP contribution in [-0.2, 0) is 16.0 Å². The Bertz CT molecular complexity index is 1340. The summed E-state index contributed by atoms with van der Waals surface area (Å²) in [6.45, 7) is 0.154. The van der Waals surface area contributed by atoms with Gasteiger partial charge in [-0.15, -0.1) is 0 Å². The van der Waals surface area contributed by atoms with Crippen molar-refractivity contribution in [1.82, 2.24) is 4.90 Å². The normalized spacial score (nSPS) is 16.9. The van der Waals surface area contributed by atoms with Crippen molar-refractivity contribution in [3.05, 3.63) is 98.8 Å². The number of benzene rings is 3. The van der Waals surface area contributed by atoms with Crippen LogP contribution in [0.5, 0.6) is 11.5 Å². The number of carbonyl (C=O) groups excluding carboxylic acids is 2. The van der Waals surface area contributed by atoms with Gasteiger partial charge in [-0.1, -0.05) is 47.5 Å². The van der Waals surface area contributed by atoms with Crippen molar-refractivity contribution >= 4 is 40.7 Å². The van der Waals surface area contributed by atoms with Crippen LogP contribution in [0.4, 0.5) is 4.39 Å². The van der Waals surface area contributed by atoms with Gasteiger partial charge in [-0.25, -0.2) is 4.39 Å². The molecule has 1 unspecified atom stereocenters. The lowest BCUT2D eigenvalue weighted by atomic mass is 9.95. The molecular weight excluding hydrogens is 508 g/mol. The Kier molecular flexibility index (Phi) is 7.52. The molecule has 6 nitrogen and oxygen atoms in total. The van der Waals surface area contributed by atoms with E-state index in [1.807, 2.05) is 0 Å². The Morgan fingerprint density at radius 2 is 1.61 bits per heavy atom. The van der Waals surface area contributed by atoms with E-state index in [9.17, 15) is 19.1 Å². The molecular formula is C27H22Cl2FNO5. The molecule has 1 saturated heterocycles. The van der Waals surface area contributed by atoms with Crippen LogP contribution >= 0.6 is 23.2 Å². The lowest BCUT2D eigenvalue weighted by Gasteiger charge is -2.25. The number of aliphatic hydroxyl groups excluding tert-OH is 1. The summed E-state index contributed by atoms with van der Waals surface area (Å²) >= 11 is 12.3. The van der Waals surface area contributed by atoms with Crippen LogP contribution in [0, 0.1) is 5.82 Å². The highest BCUT2D eigenvalue weighted by molar-refractivity contribution is 6.46. The summed E-state index contributed by atoms with van der Waals surface area (Å²) in [4.78, 5) is 27.8. The lowest BCUT2D eigenvalue weighted by Crippen LogP contribution is -2.31. The summed E-state index contributed by atoms with van der Waals surface area (Å²) in [5, 5.41) is 12.0. The summed E-state index contributed by atoms with van der Waals surface area (Å²) in [5.41, 5.74) is 1.40. The predicted octanol–water partition coefficient (Wildman–Crippen LogP) is 5.81. The summed E-state index contributed by atoms with van der Waals surface area (Å²) < 4.78 is 23.9. The SMILES string of the molecule is COc1cc(OC)c(/C(O)=C2\C(=O)C(=O)N(CCc3ccc(F)cc3)C2c2ccc(Cl)cc2)cc1Cl. The Morgan fingerprint density at radius 1 is 0.972 bits per heavy atom. The molecule has 1 N–H and O–H groups in total. The van der Waals surface area contributed by atoms with Crippen LogP contribution in [0.25, 0.3) is 5.76 Å². The molecule has 3 aromatic rings. The molecule has 1 atom stereocenters. The van der Waals surface area contributed by atoms with E-state index in [4.69, 9.17) is 32.7 Å². The Hall–Kier alpha value is -3.55. The van der Waals surface area contributed by atoms with Gasteiger partial charge >= 0.3 is 0 Å². The zero-order valence-corrected chi connectivity index (χ0v) is 20.9. The number of amides is 1. The number of hydrogen-bond acceptors (Lipinski definition) is 5. The third-order valence-corrected chi connectivity index (χ3v) is 6.56. The van der Waals surface area contributed by atoms with Crippen LogP contribution in [0.3, 0.4) is 0 Å². The van der Waals surface area contributed by atoms with Crippen molar-refractivity contribution in [3.8, 4) is 11.5 Å². The number of aliphatic hydroxyl groups is 1. The van der Waals surface area contributed by atoms with Gasteiger partial charge in [0.1, 0.15) is 23.1 Å². The molecule has 1 aliphatic rings. The molecule has 1 amide bonds. The largest absolute Gasteiger partial charge is 0.507 e. The van der Waals surface area contributed by atoms with Crippen LogP contribution in [0.1, 0.15) is 22.7 Å². The number of ketones is 1. The molecule has 9 heteroatoms. The number of hydrogen-bond donors (Lipinski definition) is 1. The molecule has 0 saturated carbocycles. The highest BCUT2D eigenvalue weighted by Crippen LogP contribution is 2.43. The van der Waals surface area contributed by atoms with Crippen molar-refractivity contribution in [2.24, 2.45) is 0 Å². The highest BCUT2D eigenvalue weighted by atomic mass is 35.5. The van der Waals surface area contributed by atoms with Crippen molar-refractivity contribution in [1.29, 1.82) is 0 Å². The van der Waals surface area contributed by atoms with E-state index < -0.39 is 23.5 Å². The number of methoxy groups -OCH3 is 2. The first-order valence-corrected chi connectivity index (χ1v) is 11.7. The fourth-order valence-corrected chi connectivity index (χ4v) is 4.56. The molecule has 0 spiro atoms. The highest BCUT2D eigenvalue weighted by Gasteiger charge is 2.46. The standard InChI is InChI=1S/C27H22Cl2FNO5/c1-35-21-14-22(36-2)20(29)13-19(21)25(32)23-24(16-5-7-17(28)8-6-16)31(27(34)26(23)33)12-11-15-3-9-18(30)10-4-15/h3-10,13-14,24,32H,11-12H2,1-2H3/b25-23+. The van der Waals surface area contributed by atoms with Gasteiger partial charge in [0, 0.05) is 17.6 Å². The minimum absolute atomic E-state index is 0.110. The zero-order valence-electron chi connectivity index (χ0n) is 19.4. The molecule has 186 valence electrons. The fourth-order valence-electron chi connectivity index (χ4n) is 4.19. The Labute approximate surface area is 217 Å². The number of Topliss-reactive ketones (excluding diaryl/α,β-unsaturated/α-hetero) is 1. The molecule has 0 bridgehead atoms. The topological polar surface area (TPSA) is 76.1 Å². The minimum atomic E-state index is -0.895. The van der Waals surface area contributed by atoms with E-state index in [1.54, 1.807) is 36.4 Å². The second kappa shape index (κ2) is 10.6. The second-order valence-electron chi connectivity index (χ2n) is 8.11. The maximum absolute atomic E-state index is 13.3. The average molecular weight is 530 g/mol. The maximum Gasteiger partial charge on any atom is 0.295 e. The number of rotatable bonds is 7. The van der Waals surface area contributed by atoms with Crippen LogP contribution in [-0.4, -0.2) is 42.5 Å². The summed E-state index contributed by atoms with van der Waals surface area (Å²) in [6.07, 6.45) is 0.370. The number of carbonyl (C=O) groups is 2. The number of ether oxygens (including phenoxy) is 2. The Balaban J connectivity index is 1.83. The molecule has 0 radical (unpaired) electrons. The van der Waals surface area contributed by atoms with Crippen LogP contribution in [0.2, 0.25) is 10.0 Å². The van der Waals surface area contributed by atoms with Crippen LogP contribution in [0.15, 0.2) is 66.2 Å². The number of nitrogens with zero attached hydrogens (tertiary/aromatic N) is 1. The molecule has 0 aliphatic carbocycles. The molecule has 0 aromatic heterocycles. The predicted molar refractivity (Wildman–Crippen MR) is 135 cm³/mol. The Morgan fingerprint density at radius 3 is 2.22 bits per heavy atom. The van der Waals surface area contributed by atoms with Crippen molar-refractivity contribution < 1.29 is 28.6 Å². The van der Waals surface area contributed by atoms with Gasteiger partial charge in [0.2, 0.25) is 0 Å². The quantitative estimate of drug-likeness (QED) is 0.237. The lowest BCUT2D eigenvalue weighted by molar-refractivity contribution is -0.139. The monoisotopic (exact) mass is 529 g/mol. The molecule has 4 rings (SSSR count). The van der Waals surface area contributed by atoms with Crippen molar-refractivity contribution in [2.75, 3.05) is 20.8 Å². The molecule has 3 aromatic carbocycles. The average Bonchev–Trinajstić information content (AvgIpc) is 3.13. The first kappa shape index (κ1) is 25.5. The van der Waals surface area contributed by atoms with Gasteiger partial charge < -0.3 is 19.5 Å². The van der Waals surface area contributed by atoms with Gasteiger partial charge in [-0.3, -0.25) is 9.59 Å². The number of likely N-dealkylation sites (tertiary alicyclic amines) is 1. The van der Waals surface area contributed by atoms with E-state index >= 15 is 0 Å². The van der Waals surface area contributed by atoms with E-state index in [0.29, 0.717) is 22.8 Å². The summed E-state index contributed by atoms with van der Waals surface area (Å²) in [5.74, 6) is -1.88. The summed E-state index contributed by atoms with van der Waals surface area (Å²) in [6, 6.07) is 14.6. The van der Waals surface area contributed by atoms with Crippen LogP contribution < -0.4 is 9.47 Å². The van der Waals surface area contributed by atoms with E-state index in [-0.39, 0.29) is 34.3 Å². The summed E-state index contributed by atoms with van der Waals surface area (Å²) in [7, 11) is 2.84. The first-order valence-electron chi connectivity index (χ1n) is 10.9. The van der Waals surface area contributed by atoms with E-state index in [0.717, 1.165) is 5.56 Å².